The number of likely N-dealkylation sites (tertiary alicyclic amines) is 1. The molecule has 0 aliphatic carbocycles. The molecule has 8 heteroatoms. The van der Waals surface area contributed by atoms with Crippen molar-refractivity contribution < 1.29 is 27.8 Å². The molecule has 31 heavy (non-hydrogen) atoms. The van der Waals surface area contributed by atoms with Crippen molar-refractivity contribution in [3.8, 4) is 11.5 Å². The smallest absolute Gasteiger partial charge is 0.490 e. The lowest BCUT2D eigenvalue weighted by molar-refractivity contribution is -0.274. The molecular formula is C23H25F3N2O3. The maximum Gasteiger partial charge on any atom is 0.573 e. The van der Waals surface area contributed by atoms with Gasteiger partial charge in [0.2, 0.25) is 0 Å². The molecule has 2 heterocycles. The van der Waals surface area contributed by atoms with Gasteiger partial charge < -0.3 is 24.5 Å². The van der Waals surface area contributed by atoms with E-state index in [-0.39, 0.29) is 18.3 Å². The Morgan fingerprint density at radius 1 is 1.06 bits per heavy atom. The Hall–Kier alpha value is -2.71. The van der Waals surface area contributed by atoms with E-state index in [1.165, 1.54) is 12.1 Å². The van der Waals surface area contributed by atoms with Crippen molar-refractivity contribution in [2.24, 2.45) is 0 Å². The number of aliphatic hydroxyl groups excluding tert-OH is 1. The van der Waals surface area contributed by atoms with E-state index >= 15 is 0 Å². The summed E-state index contributed by atoms with van der Waals surface area (Å²) in [5.41, 5.74) is 2.00. The Morgan fingerprint density at radius 2 is 1.81 bits per heavy atom. The van der Waals surface area contributed by atoms with Gasteiger partial charge in [-0.3, -0.25) is 0 Å². The summed E-state index contributed by atoms with van der Waals surface area (Å²) in [4.78, 5) is 5.33. The highest BCUT2D eigenvalue weighted by Gasteiger charge is 2.31. The third-order valence-electron chi connectivity index (χ3n) is 5.63. The van der Waals surface area contributed by atoms with Crippen LogP contribution >= 0.6 is 0 Å². The first-order chi connectivity index (χ1) is 14.9. The van der Waals surface area contributed by atoms with E-state index in [0.717, 1.165) is 48.1 Å². The van der Waals surface area contributed by atoms with Crippen molar-refractivity contribution in [2.45, 2.75) is 31.2 Å². The number of piperidine rings is 1. The second kappa shape index (κ2) is 9.20. The summed E-state index contributed by atoms with van der Waals surface area (Å²) in [6, 6.07) is 13.8. The van der Waals surface area contributed by atoms with E-state index in [0.29, 0.717) is 6.54 Å². The maximum atomic E-state index is 12.3. The number of nitrogens with one attached hydrogen (secondary N) is 1. The molecule has 2 aromatic carbocycles. The molecule has 5 nitrogen and oxygen atoms in total. The van der Waals surface area contributed by atoms with Gasteiger partial charge in [0.15, 0.2) is 0 Å². The second-order valence-electron chi connectivity index (χ2n) is 7.85. The fourth-order valence-corrected chi connectivity index (χ4v) is 4.11. The maximum absolute atomic E-state index is 12.3. The highest BCUT2D eigenvalue weighted by Crippen LogP contribution is 2.31. The molecule has 1 fully saturated rings. The van der Waals surface area contributed by atoms with Crippen molar-refractivity contribution >= 4 is 10.9 Å². The van der Waals surface area contributed by atoms with Crippen LogP contribution in [-0.2, 0) is 0 Å². The lowest BCUT2D eigenvalue weighted by atomic mass is 9.89. The number of halogens is 3. The lowest BCUT2D eigenvalue weighted by Crippen LogP contribution is -2.40. The summed E-state index contributed by atoms with van der Waals surface area (Å²) in [5.74, 6) is 0.831. The quantitative estimate of drug-likeness (QED) is 0.567. The van der Waals surface area contributed by atoms with Gasteiger partial charge in [0.1, 0.15) is 24.2 Å². The second-order valence-corrected chi connectivity index (χ2v) is 7.85. The minimum absolute atomic E-state index is 0.202. The van der Waals surface area contributed by atoms with Crippen LogP contribution in [0.5, 0.6) is 11.5 Å². The number of fused-ring (bicyclic) bond motifs is 1. The molecule has 1 aliphatic heterocycles. The molecule has 0 radical (unpaired) electrons. The van der Waals surface area contributed by atoms with E-state index < -0.39 is 12.5 Å². The summed E-state index contributed by atoms with van der Waals surface area (Å²) < 4.78 is 46.6. The third kappa shape index (κ3) is 5.71. The first kappa shape index (κ1) is 21.5. The molecule has 1 saturated heterocycles. The zero-order valence-corrected chi connectivity index (χ0v) is 16.9. The van der Waals surface area contributed by atoms with Crippen LogP contribution in [0, 0.1) is 0 Å². The van der Waals surface area contributed by atoms with Gasteiger partial charge in [-0.15, -0.1) is 13.2 Å². The Morgan fingerprint density at radius 3 is 2.52 bits per heavy atom. The predicted molar refractivity (Wildman–Crippen MR) is 111 cm³/mol. The van der Waals surface area contributed by atoms with Gasteiger partial charge in [-0.2, -0.15) is 0 Å². The number of aromatic nitrogens is 1. The summed E-state index contributed by atoms with van der Waals surface area (Å²) >= 11 is 0. The number of aromatic amines is 1. The summed E-state index contributed by atoms with van der Waals surface area (Å²) in [7, 11) is 0. The van der Waals surface area contributed by atoms with Crippen LogP contribution in [0.15, 0.2) is 54.7 Å². The number of hydrogen-bond donors (Lipinski definition) is 2. The predicted octanol–water partition coefficient (Wildman–Crippen LogP) is 4.69. The molecule has 3 aromatic rings. The molecule has 4 rings (SSSR count). The molecule has 166 valence electrons. The van der Waals surface area contributed by atoms with E-state index in [1.807, 2.05) is 30.5 Å². The van der Waals surface area contributed by atoms with Crippen molar-refractivity contribution in [1.29, 1.82) is 0 Å². The van der Waals surface area contributed by atoms with Crippen LogP contribution in [0.3, 0.4) is 0 Å². The number of nitrogens with zero attached hydrogens (tertiary/aromatic N) is 1. The number of alkyl halides is 3. The van der Waals surface area contributed by atoms with Gasteiger partial charge in [-0.25, -0.2) is 0 Å². The van der Waals surface area contributed by atoms with Gasteiger partial charge >= 0.3 is 6.36 Å². The molecular weight excluding hydrogens is 409 g/mol. The molecule has 0 spiro atoms. The number of aliphatic hydroxyl groups is 1. The average molecular weight is 434 g/mol. The molecule has 0 saturated carbocycles. The Kier molecular flexibility index (Phi) is 6.38. The normalized spacial score (nSPS) is 17.0. The van der Waals surface area contributed by atoms with Crippen LogP contribution in [0.4, 0.5) is 13.2 Å². The monoisotopic (exact) mass is 434 g/mol. The van der Waals surface area contributed by atoms with E-state index in [9.17, 15) is 18.3 Å². The lowest BCUT2D eigenvalue weighted by Gasteiger charge is -2.33. The van der Waals surface area contributed by atoms with Gasteiger partial charge in [-0.1, -0.05) is 18.2 Å². The van der Waals surface area contributed by atoms with Gasteiger partial charge in [0.25, 0.3) is 0 Å². The number of ether oxygens (including phenoxy) is 2. The van der Waals surface area contributed by atoms with Crippen molar-refractivity contribution in [3.05, 3.63) is 60.3 Å². The topological polar surface area (TPSA) is 57.7 Å². The number of benzene rings is 2. The zero-order valence-electron chi connectivity index (χ0n) is 16.9. The largest absolute Gasteiger partial charge is 0.573 e. The minimum Gasteiger partial charge on any atom is -0.490 e. The molecule has 0 bridgehead atoms. The number of β-amino-alcohol motifs (C(OH)–C–C–N with tert-alkyl or cyclic N) is 1. The van der Waals surface area contributed by atoms with E-state index in [4.69, 9.17) is 4.74 Å². The van der Waals surface area contributed by atoms with Crippen LogP contribution in [0.1, 0.15) is 24.3 Å². The minimum atomic E-state index is -4.68. The number of hydrogen-bond acceptors (Lipinski definition) is 4. The standard InChI is InChI=1S/C23H25F3N2O3/c24-23(25,26)31-19-6-4-16(5-7-19)17-9-12-28(13-10-17)14-18(29)15-30-22-3-1-2-21-20(22)8-11-27-21/h1-8,11,17-18,27,29H,9-10,12-15H2/t18-/m0/s1. The fraction of sp³-hybridized carbons (Fsp3) is 0.391. The number of H-pyrrole nitrogens is 1. The van der Waals surface area contributed by atoms with Gasteiger partial charge in [0.05, 0.1) is 0 Å². The molecule has 1 atom stereocenters. The highest BCUT2D eigenvalue weighted by molar-refractivity contribution is 5.85. The molecule has 1 aromatic heterocycles. The van der Waals surface area contributed by atoms with Gasteiger partial charge in [0, 0.05) is 23.6 Å². The molecule has 1 aliphatic rings. The average Bonchev–Trinajstić information content (AvgIpc) is 3.22. The van der Waals surface area contributed by atoms with Crippen molar-refractivity contribution in [1.82, 2.24) is 9.88 Å². The van der Waals surface area contributed by atoms with Crippen LogP contribution < -0.4 is 9.47 Å². The zero-order chi connectivity index (χ0) is 21.8. The molecule has 2 N–H and O–H groups in total. The van der Waals surface area contributed by atoms with E-state index in [1.54, 1.807) is 12.1 Å². The third-order valence-corrected chi connectivity index (χ3v) is 5.63. The van der Waals surface area contributed by atoms with Crippen molar-refractivity contribution in [2.75, 3.05) is 26.2 Å². The molecule has 0 unspecified atom stereocenters. The number of rotatable bonds is 7. The van der Waals surface area contributed by atoms with E-state index in [2.05, 4.69) is 14.6 Å². The van der Waals surface area contributed by atoms with Crippen LogP contribution in [0.2, 0.25) is 0 Å². The summed E-state index contributed by atoms with van der Waals surface area (Å²) in [5, 5.41) is 11.4. The van der Waals surface area contributed by atoms with Crippen LogP contribution in [0.25, 0.3) is 10.9 Å². The Balaban J connectivity index is 1.23. The summed E-state index contributed by atoms with van der Waals surface area (Å²) in [6.07, 6.45) is -1.66. The van der Waals surface area contributed by atoms with Crippen LogP contribution in [-0.4, -0.2) is 53.7 Å². The Bertz CT molecular complexity index is 980. The summed E-state index contributed by atoms with van der Waals surface area (Å²) in [6.45, 7) is 2.37. The molecule has 0 amide bonds. The van der Waals surface area contributed by atoms with Gasteiger partial charge in [-0.05, 0) is 67.7 Å². The fourth-order valence-electron chi connectivity index (χ4n) is 4.11. The SMILES string of the molecule is O[C@H](COc1cccc2[nH]ccc12)CN1CCC(c2ccc(OC(F)(F)F)cc2)CC1. The first-order valence-corrected chi connectivity index (χ1v) is 10.3. The highest BCUT2D eigenvalue weighted by atomic mass is 19.4. The first-order valence-electron chi connectivity index (χ1n) is 10.3. The Labute approximate surface area is 178 Å². The van der Waals surface area contributed by atoms with Crippen molar-refractivity contribution in [3.63, 3.8) is 0 Å².